The maximum atomic E-state index is 10.9. The number of rotatable bonds is 14. The van der Waals surface area contributed by atoms with E-state index in [4.69, 9.17) is 21.7 Å². The molecule has 164 valence electrons. The average Bonchev–Trinajstić information content (AvgIpc) is 2.67. The lowest BCUT2D eigenvalue weighted by molar-refractivity contribution is -0.139. The van der Waals surface area contributed by atoms with Crippen LogP contribution in [0.2, 0.25) is 0 Å². The molecule has 0 radical (unpaired) electrons. The first kappa shape index (κ1) is 25.0. The molecule has 0 bridgehead atoms. The van der Waals surface area contributed by atoms with Crippen LogP contribution < -0.4 is 22.1 Å². The van der Waals surface area contributed by atoms with Crippen molar-refractivity contribution in [2.24, 2.45) is 11.5 Å². The third-order valence-corrected chi connectivity index (χ3v) is 4.89. The SMILES string of the molecule is CC(NCCCC(N)C(=O)O)c1ccccc1C(C)(O)NCCCC(N)C(=O)O. The first-order chi connectivity index (χ1) is 13.6. The third-order valence-electron chi connectivity index (χ3n) is 4.89. The molecule has 0 fully saturated rings. The summed E-state index contributed by atoms with van der Waals surface area (Å²) in [5.41, 5.74) is 11.3. The number of nitrogens with two attached hydrogens (primary N) is 2. The van der Waals surface area contributed by atoms with Crippen molar-refractivity contribution < 1.29 is 24.9 Å². The molecule has 0 aliphatic carbocycles. The quantitative estimate of drug-likeness (QED) is 0.170. The Morgan fingerprint density at radius 2 is 1.55 bits per heavy atom. The van der Waals surface area contributed by atoms with E-state index in [1.165, 1.54) is 0 Å². The van der Waals surface area contributed by atoms with Crippen molar-refractivity contribution >= 4 is 11.9 Å². The van der Waals surface area contributed by atoms with Gasteiger partial charge in [-0.3, -0.25) is 14.9 Å². The van der Waals surface area contributed by atoms with Crippen molar-refractivity contribution in [3.05, 3.63) is 35.4 Å². The van der Waals surface area contributed by atoms with Crippen LogP contribution in [0.25, 0.3) is 0 Å². The van der Waals surface area contributed by atoms with Crippen molar-refractivity contribution in [2.45, 2.75) is 63.4 Å². The van der Waals surface area contributed by atoms with Crippen molar-refractivity contribution in [1.82, 2.24) is 10.6 Å². The molecule has 4 atom stereocenters. The van der Waals surface area contributed by atoms with Gasteiger partial charge in [0, 0.05) is 11.6 Å². The van der Waals surface area contributed by atoms with Crippen LogP contribution in [0.4, 0.5) is 0 Å². The number of hydrogen-bond acceptors (Lipinski definition) is 7. The van der Waals surface area contributed by atoms with Crippen LogP contribution >= 0.6 is 0 Å². The highest BCUT2D eigenvalue weighted by atomic mass is 16.4. The lowest BCUT2D eigenvalue weighted by Crippen LogP contribution is -2.42. The molecule has 1 rings (SSSR count). The molecule has 0 aliphatic rings. The molecule has 0 aromatic heterocycles. The van der Waals surface area contributed by atoms with Crippen LogP contribution in [0.15, 0.2) is 24.3 Å². The van der Waals surface area contributed by atoms with Crippen molar-refractivity contribution in [2.75, 3.05) is 13.1 Å². The van der Waals surface area contributed by atoms with Crippen LogP contribution in [0.3, 0.4) is 0 Å². The minimum absolute atomic E-state index is 0.0686. The van der Waals surface area contributed by atoms with Crippen LogP contribution in [-0.2, 0) is 15.3 Å². The van der Waals surface area contributed by atoms with Gasteiger partial charge in [0.15, 0.2) is 0 Å². The van der Waals surface area contributed by atoms with E-state index < -0.39 is 29.7 Å². The normalized spacial score (nSPS) is 16.6. The Labute approximate surface area is 171 Å². The molecular formula is C20H34N4O5. The molecule has 0 saturated carbocycles. The first-order valence-corrected chi connectivity index (χ1v) is 9.83. The zero-order valence-corrected chi connectivity index (χ0v) is 17.1. The van der Waals surface area contributed by atoms with Gasteiger partial charge in [-0.05, 0) is 58.2 Å². The summed E-state index contributed by atoms with van der Waals surface area (Å²) >= 11 is 0. The van der Waals surface area contributed by atoms with Gasteiger partial charge in [-0.2, -0.15) is 0 Å². The standard InChI is InChI=1S/C20H34N4O5/c1-13(23-11-5-9-16(21)18(25)26)14-7-3-4-8-15(14)20(2,29)24-12-6-10-17(22)19(27)28/h3-4,7-8,13,16-17,23-24,29H,5-6,9-12,21-22H2,1-2H3,(H,25,26)(H,27,28). The summed E-state index contributed by atoms with van der Waals surface area (Å²) in [5, 5.41) is 35.0. The number of carbonyl (C=O) groups is 2. The molecule has 0 heterocycles. The molecular weight excluding hydrogens is 376 g/mol. The highest BCUT2D eigenvalue weighted by Gasteiger charge is 2.26. The van der Waals surface area contributed by atoms with Crippen LogP contribution in [0.5, 0.6) is 0 Å². The molecule has 4 unspecified atom stereocenters. The Kier molecular flexibility index (Phi) is 10.2. The number of benzene rings is 1. The maximum absolute atomic E-state index is 10.9. The van der Waals surface area contributed by atoms with Gasteiger partial charge in [0.05, 0.1) is 0 Å². The van der Waals surface area contributed by atoms with E-state index in [-0.39, 0.29) is 6.04 Å². The smallest absolute Gasteiger partial charge is 0.320 e. The maximum Gasteiger partial charge on any atom is 0.320 e. The summed E-state index contributed by atoms with van der Waals surface area (Å²) in [6.45, 7) is 4.63. The fourth-order valence-electron chi connectivity index (χ4n) is 3.06. The second-order valence-corrected chi connectivity index (χ2v) is 7.44. The second-order valence-electron chi connectivity index (χ2n) is 7.44. The lowest BCUT2D eigenvalue weighted by atomic mass is 9.93. The Hall–Kier alpha value is -2.04. The average molecular weight is 411 g/mol. The molecule has 29 heavy (non-hydrogen) atoms. The van der Waals surface area contributed by atoms with Crippen molar-refractivity contribution in [3.63, 3.8) is 0 Å². The highest BCUT2D eigenvalue weighted by molar-refractivity contribution is 5.73. The minimum Gasteiger partial charge on any atom is -0.480 e. The molecule has 0 amide bonds. The van der Waals surface area contributed by atoms with Gasteiger partial charge >= 0.3 is 11.9 Å². The van der Waals surface area contributed by atoms with Crippen LogP contribution in [0, 0.1) is 0 Å². The summed E-state index contributed by atoms with van der Waals surface area (Å²) in [4.78, 5) is 21.5. The highest BCUT2D eigenvalue weighted by Crippen LogP contribution is 2.26. The molecule has 0 aliphatic heterocycles. The summed E-state index contributed by atoms with van der Waals surface area (Å²) in [5.74, 6) is -2.04. The molecule has 9 nitrogen and oxygen atoms in total. The first-order valence-electron chi connectivity index (χ1n) is 9.83. The largest absolute Gasteiger partial charge is 0.480 e. The zero-order valence-electron chi connectivity index (χ0n) is 17.1. The van der Waals surface area contributed by atoms with E-state index in [9.17, 15) is 14.7 Å². The molecule has 1 aromatic rings. The van der Waals surface area contributed by atoms with Gasteiger partial charge in [0.25, 0.3) is 0 Å². The number of aliphatic hydroxyl groups is 1. The Morgan fingerprint density at radius 1 is 1.03 bits per heavy atom. The molecule has 9 N–H and O–H groups in total. The lowest BCUT2D eigenvalue weighted by Gasteiger charge is -2.30. The van der Waals surface area contributed by atoms with Crippen molar-refractivity contribution in [1.29, 1.82) is 0 Å². The van der Waals surface area contributed by atoms with Gasteiger partial charge in [-0.15, -0.1) is 0 Å². The summed E-state index contributed by atoms with van der Waals surface area (Å²) in [7, 11) is 0. The summed E-state index contributed by atoms with van der Waals surface area (Å²) < 4.78 is 0. The van der Waals surface area contributed by atoms with E-state index in [0.717, 1.165) is 5.56 Å². The predicted octanol–water partition coefficient (Wildman–Crippen LogP) is 0.476. The van der Waals surface area contributed by atoms with Gasteiger partial charge in [0.1, 0.15) is 17.8 Å². The van der Waals surface area contributed by atoms with E-state index in [0.29, 0.717) is 44.3 Å². The van der Waals surface area contributed by atoms with Gasteiger partial charge in [0.2, 0.25) is 0 Å². The second kappa shape index (κ2) is 11.8. The van der Waals surface area contributed by atoms with Gasteiger partial charge in [-0.1, -0.05) is 24.3 Å². The number of carboxylic acids is 2. The third kappa shape index (κ3) is 8.46. The van der Waals surface area contributed by atoms with E-state index in [2.05, 4.69) is 10.6 Å². The summed E-state index contributed by atoms with van der Waals surface area (Å²) in [6, 6.07) is 5.65. The van der Waals surface area contributed by atoms with E-state index in [1.807, 2.05) is 31.2 Å². The number of hydrogen-bond donors (Lipinski definition) is 7. The fraction of sp³-hybridized carbons (Fsp3) is 0.600. The molecule has 9 heteroatoms. The monoisotopic (exact) mass is 410 g/mol. The van der Waals surface area contributed by atoms with E-state index in [1.54, 1.807) is 6.92 Å². The fourth-order valence-corrected chi connectivity index (χ4v) is 3.06. The van der Waals surface area contributed by atoms with Gasteiger partial charge in [-0.25, -0.2) is 0 Å². The van der Waals surface area contributed by atoms with Crippen molar-refractivity contribution in [3.8, 4) is 0 Å². The number of aliphatic carboxylic acids is 2. The predicted molar refractivity (Wildman–Crippen MR) is 110 cm³/mol. The molecule has 0 spiro atoms. The molecule has 0 saturated heterocycles. The topological polar surface area (TPSA) is 171 Å². The Bertz CT molecular complexity index is 668. The minimum atomic E-state index is -1.30. The van der Waals surface area contributed by atoms with Crippen LogP contribution in [0.1, 0.15) is 56.7 Å². The Morgan fingerprint density at radius 3 is 2.10 bits per heavy atom. The zero-order chi connectivity index (χ0) is 22.0. The van der Waals surface area contributed by atoms with Gasteiger partial charge < -0.3 is 32.1 Å². The Balaban J connectivity index is 2.63. The van der Waals surface area contributed by atoms with E-state index >= 15 is 0 Å². The van der Waals surface area contributed by atoms with Crippen LogP contribution in [-0.4, -0.2) is 52.4 Å². The number of nitrogens with one attached hydrogen (secondary N) is 2. The molecule has 1 aromatic carbocycles. The number of carboxylic acid groups (broad SMARTS) is 2. The summed E-state index contributed by atoms with van der Waals surface area (Å²) in [6.07, 6.45) is 1.84.